The average Bonchev–Trinajstić information content (AvgIpc) is 2.69. The molecule has 1 N–H and O–H groups in total. The second kappa shape index (κ2) is 9.20. The van der Waals surface area contributed by atoms with Crippen LogP contribution in [0, 0.1) is 6.92 Å². The summed E-state index contributed by atoms with van der Waals surface area (Å²) in [5.74, 6) is -0.324. The Morgan fingerprint density at radius 2 is 1.64 bits per heavy atom. The molecule has 1 fully saturated rings. The van der Waals surface area contributed by atoms with E-state index in [1.165, 1.54) is 4.31 Å². The number of nitrogens with one attached hydrogen (secondary N) is 1. The normalized spacial score (nSPS) is 15.5. The van der Waals surface area contributed by atoms with E-state index >= 15 is 0 Å². The lowest BCUT2D eigenvalue weighted by molar-refractivity contribution is -0.116. The number of hydrogen-bond donors (Lipinski definition) is 1. The molecule has 0 unspecified atom stereocenters. The van der Waals surface area contributed by atoms with Crippen LogP contribution in [0.5, 0.6) is 0 Å². The Morgan fingerprint density at radius 3 is 2.25 bits per heavy atom. The zero-order valence-corrected chi connectivity index (χ0v) is 18.3. The van der Waals surface area contributed by atoms with E-state index < -0.39 is 10.0 Å². The summed E-state index contributed by atoms with van der Waals surface area (Å²) >= 11 is 3.34. The van der Waals surface area contributed by atoms with E-state index in [1.807, 2.05) is 31.2 Å². The molecule has 0 atom stereocenters. The standard InChI is InChI=1S/C21H25BrN2O3S/c1-16-7-11-18(12-8-16)23-21(25)15-24(19-5-3-2-4-6-19)28(26,27)20-13-9-17(22)10-14-20/h7-14,19H,2-6,15H2,1H3,(H,23,25). The molecular weight excluding hydrogens is 440 g/mol. The maximum atomic E-state index is 13.3. The van der Waals surface area contributed by atoms with Gasteiger partial charge < -0.3 is 5.32 Å². The highest BCUT2D eigenvalue weighted by Gasteiger charge is 2.33. The first-order valence-electron chi connectivity index (χ1n) is 9.50. The lowest BCUT2D eigenvalue weighted by Crippen LogP contribution is -2.45. The van der Waals surface area contributed by atoms with Crippen LogP contribution >= 0.6 is 15.9 Å². The van der Waals surface area contributed by atoms with Crippen molar-refractivity contribution in [3.63, 3.8) is 0 Å². The number of sulfonamides is 1. The quantitative estimate of drug-likeness (QED) is 0.672. The first-order valence-corrected chi connectivity index (χ1v) is 11.7. The minimum absolute atomic E-state index is 0.147. The molecule has 5 nitrogen and oxygen atoms in total. The number of rotatable bonds is 6. The Hall–Kier alpha value is -1.70. The first kappa shape index (κ1) is 21.0. The SMILES string of the molecule is Cc1ccc(NC(=O)CN(C2CCCCC2)S(=O)(=O)c2ccc(Br)cc2)cc1. The van der Waals surface area contributed by atoms with Crippen molar-refractivity contribution in [1.82, 2.24) is 4.31 Å². The van der Waals surface area contributed by atoms with Gasteiger partial charge >= 0.3 is 0 Å². The van der Waals surface area contributed by atoms with Crippen LogP contribution in [0.4, 0.5) is 5.69 Å². The highest BCUT2D eigenvalue weighted by molar-refractivity contribution is 9.10. The molecule has 2 aromatic carbocycles. The van der Waals surface area contributed by atoms with Gasteiger partial charge in [0, 0.05) is 16.2 Å². The summed E-state index contributed by atoms with van der Waals surface area (Å²) in [4.78, 5) is 12.9. The molecule has 0 radical (unpaired) electrons. The van der Waals surface area contributed by atoms with Crippen molar-refractivity contribution >= 4 is 37.5 Å². The lowest BCUT2D eigenvalue weighted by Gasteiger charge is -2.33. The topological polar surface area (TPSA) is 66.5 Å². The largest absolute Gasteiger partial charge is 0.325 e. The van der Waals surface area contributed by atoms with E-state index in [0.717, 1.165) is 42.1 Å². The maximum absolute atomic E-state index is 13.3. The summed E-state index contributed by atoms with van der Waals surface area (Å²) in [5.41, 5.74) is 1.76. The van der Waals surface area contributed by atoms with Crippen LogP contribution in [0.3, 0.4) is 0 Å². The second-order valence-electron chi connectivity index (χ2n) is 7.21. The molecule has 0 saturated heterocycles. The van der Waals surface area contributed by atoms with Crippen LogP contribution in [-0.4, -0.2) is 31.2 Å². The molecule has 28 heavy (non-hydrogen) atoms. The van der Waals surface area contributed by atoms with Gasteiger partial charge in [0.1, 0.15) is 0 Å². The number of carbonyl (C=O) groups excluding carboxylic acids is 1. The summed E-state index contributed by atoms with van der Waals surface area (Å²) in [6.45, 7) is 1.79. The number of amides is 1. The minimum Gasteiger partial charge on any atom is -0.325 e. The average molecular weight is 465 g/mol. The van der Waals surface area contributed by atoms with Crippen molar-refractivity contribution in [3.8, 4) is 0 Å². The van der Waals surface area contributed by atoms with Crippen molar-refractivity contribution in [2.45, 2.75) is 50.0 Å². The Bertz CT molecular complexity index is 906. The molecule has 1 saturated carbocycles. The lowest BCUT2D eigenvalue weighted by atomic mass is 9.95. The smallest absolute Gasteiger partial charge is 0.243 e. The highest BCUT2D eigenvalue weighted by Crippen LogP contribution is 2.28. The van der Waals surface area contributed by atoms with E-state index in [4.69, 9.17) is 0 Å². The van der Waals surface area contributed by atoms with E-state index in [0.29, 0.717) is 5.69 Å². The number of benzene rings is 2. The predicted octanol–water partition coefficient (Wildman–Crippen LogP) is 4.72. The van der Waals surface area contributed by atoms with Gasteiger partial charge in [0.2, 0.25) is 15.9 Å². The van der Waals surface area contributed by atoms with Gasteiger partial charge in [0.15, 0.2) is 0 Å². The molecule has 1 aliphatic rings. The van der Waals surface area contributed by atoms with Crippen LogP contribution in [0.2, 0.25) is 0 Å². The molecule has 0 spiro atoms. The van der Waals surface area contributed by atoms with Gasteiger partial charge in [0.05, 0.1) is 11.4 Å². The Morgan fingerprint density at radius 1 is 1.04 bits per heavy atom. The van der Waals surface area contributed by atoms with Crippen LogP contribution in [0.1, 0.15) is 37.7 Å². The number of nitrogens with zero attached hydrogens (tertiary/aromatic N) is 1. The molecule has 150 valence electrons. The molecule has 1 amide bonds. The van der Waals surface area contributed by atoms with E-state index in [2.05, 4.69) is 21.2 Å². The molecule has 0 heterocycles. The van der Waals surface area contributed by atoms with E-state index in [9.17, 15) is 13.2 Å². The summed E-state index contributed by atoms with van der Waals surface area (Å²) in [6.07, 6.45) is 4.65. The van der Waals surface area contributed by atoms with Crippen LogP contribution in [0.15, 0.2) is 57.9 Å². The molecule has 0 aliphatic heterocycles. The summed E-state index contributed by atoms with van der Waals surface area (Å²) in [6, 6.07) is 13.9. The molecule has 0 aromatic heterocycles. The molecule has 1 aliphatic carbocycles. The predicted molar refractivity (Wildman–Crippen MR) is 115 cm³/mol. The molecular formula is C21H25BrN2O3S. The van der Waals surface area contributed by atoms with E-state index in [1.54, 1.807) is 24.3 Å². The van der Waals surface area contributed by atoms with Crippen LogP contribution in [0.25, 0.3) is 0 Å². The van der Waals surface area contributed by atoms with E-state index in [-0.39, 0.29) is 23.4 Å². The fourth-order valence-electron chi connectivity index (χ4n) is 3.50. The zero-order chi connectivity index (χ0) is 20.1. The summed E-state index contributed by atoms with van der Waals surface area (Å²) in [5, 5.41) is 2.82. The van der Waals surface area contributed by atoms with Crippen LogP contribution < -0.4 is 5.32 Å². The van der Waals surface area contributed by atoms with Gasteiger partial charge in [-0.3, -0.25) is 4.79 Å². The van der Waals surface area contributed by atoms with Gasteiger partial charge in [-0.05, 0) is 56.2 Å². The third-order valence-electron chi connectivity index (χ3n) is 5.04. The van der Waals surface area contributed by atoms with Crippen molar-refractivity contribution in [2.24, 2.45) is 0 Å². The maximum Gasteiger partial charge on any atom is 0.243 e. The van der Waals surface area contributed by atoms with Crippen molar-refractivity contribution in [2.75, 3.05) is 11.9 Å². The third-order valence-corrected chi connectivity index (χ3v) is 7.48. The number of hydrogen-bond acceptors (Lipinski definition) is 3. The zero-order valence-electron chi connectivity index (χ0n) is 15.9. The van der Waals surface area contributed by atoms with Gasteiger partial charge in [-0.15, -0.1) is 0 Å². The summed E-state index contributed by atoms with van der Waals surface area (Å²) < 4.78 is 28.8. The Labute approximate surface area is 175 Å². The Kier molecular flexibility index (Phi) is 6.91. The summed E-state index contributed by atoms with van der Waals surface area (Å²) in [7, 11) is -3.76. The van der Waals surface area contributed by atoms with Gasteiger partial charge in [-0.25, -0.2) is 8.42 Å². The molecule has 2 aromatic rings. The minimum atomic E-state index is -3.76. The van der Waals surface area contributed by atoms with Gasteiger partial charge in [-0.2, -0.15) is 4.31 Å². The highest BCUT2D eigenvalue weighted by atomic mass is 79.9. The van der Waals surface area contributed by atoms with Crippen molar-refractivity contribution < 1.29 is 13.2 Å². The number of carbonyl (C=O) groups is 1. The second-order valence-corrected chi connectivity index (χ2v) is 10.0. The third kappa shape index (κ3) is 5.21. The van der Waals surface area contributed by atoms with Gasteiger partial charge in [-0.1, -0.05) is 52.9 Å². The van der Waals surface area contributed by atoms with Crippen molar-refractivity contribution in [3.05, 3.63) is 58.6 Å². The number of anilines is 1. The number of aryl methyl sites for hydroxylation is 1. The molecule has 3 rings (SSSR count). The van der Waals surface area contributed by atoms with Crippen molar-refractivity contribution in [1.29, 1.82) is 0 Å². The Balaban J connectivity index is 1.83. The van der Waals surface area contributed by atoms with Gasteiger partial charge in [0.25, 0.3) is 0 Å². The number of halogens is 1. The molecule has 7 heteroatoms. The fraction of sp³-hybridized carbons (Fsp3) is 0.381. The first-order chi connectivity index (χ1) is 13.4. The fourth-order valence-corrected chi connectivity index (χ4v) is 5.41. The molecule has 0 bridgehead atoms. The van der Waals surface area contributed by atoms with Crippen LogP contribution in [-0.2, 0) is 14.8 Å². The monoisotopic (exact) mass is 464 g/mol.